The number of carbonyl (C=O) groups excluding carboxylic acids is 3. The lowest BCUT2D eigenvalue weighted by Gasteiger charge is -2.26. The van der Waals surface area contributed by atoms with Crippen LogP contribution in [0.3, 0.4) is 0 Å². The summed E-state index contributed by atoms with van der Waals surface area (Å²) in [4.78, 5) is 38.3. The number of anilines is 1. The molecule has 2 aliphatic rings. The zero-order valence-electron chi connectivity index (χ0n) is 13.2. The van der Waals surface area contributed by atoms with Gasteiger partial charge in [0.2, 0.25) is 5.91 Å². The van der Waals surface area contributed by atoms with Crippen LogP contribution in [0.1, 0.15) is 17.3 Å². The minimum Gasteiger partial charge on any atom is -0.452 e. The first-order valence-electron chi connectivity index (χ1n) is 7.69. The van der Waals surface area contributed by atoms with Crippen molar-refractivity contribution in [3.8, 4) is 0 Å². The number of nitrogens with one attached hydrogen (secondary N) is 1. The number of hydrogen-bond acceptors (Lipinski definition) is 6. The van der Waals surface area contributed by atoms with Gasteiger partial charge in [-0.1, -0.05) is 0 Å². The van der Waals surface area contributed by atoms with Crippen LogP contribution in [-0.2, 0) is 19.1 Å². The highest BCUT2D eigenvalue weighted by Gasteiger charge is 2.24. The van der Waals surface area contributed by atoms with Crippen LogP contribution >= 0.6 is 11.8 Å². The summed E-state index contributed by atoms with van der Waals surface area (Å²) >= 11 is 1.44. The van der Waals surface area contributed by atoms with Gasteiger partial charge in [0, 0.05) is 18.0 Å². The van der Waals surface area contributed by atoms with E-state index in [1.807, 2.05) is 6.92 Å². The molecule has 0 spiro atoms. The van der Waals surface area contributed by atoms with Crippen LogP contribution in [0.2, 0.25) is 0 Å². The molecule has 2 amide bonds. The summed E-state index contributed by atoms with van der Waals surface area (Å²) in [6, 6.07) is 4.99. The van der Waals surface area contributed by atoms with E-state index >= 15 is 0 Å². The Morgan fingerprint density at radius 3 is 2.88 bits per heavy atom. The molecule has 0 bridgehead atoms. The van der Waals surface area contributed by atoms with E-state index in [9.17, 15) is 14.4 Å². The zero-order chi connectivity index (χ0) is 17.1. The van der Waals surface area contributed by atoms with Gasteiger partial charge in [0.1, 0.15) is 0 Å². The quantitative estimate of drug-likeness (QED) is 0.823. The number of benzene rings is 1. The summed E-state index contributed by atoms with van der Waals surface area (Å²) in [5, 5.41) is 2.60. The van der Waals surface area contributed by atoms with Gasteiger partial charge in [-0.15, -0.1) is 11.8 Å². The van der Waals surface area contributed by atoms with Crippen LogP contribution in [-0.4, -0.2) is 60.8 Å². The normalized spacial score (nSPS) is 20.1. The molecule has 0 aliphatic carbocycles. The van der Waals surface area contributed by atoms with Gasteiger partial charge in [0.25, 0.3) is 5.91 Å². The van der Waals surface area contributed by atoms with Gasteiger partial charge >= 0.3 is 5.97 Å². The van der Waals surface area contributed by atoms with E-state index in [2.05, 4.69) is 5.32 Å². The molecule has 1 unspecified atom stereocenters. The molecular weight excluding hydrogens is 332 g/mol. The van der Waals surface area contributed by atoms with Crippen LogP contribution in [0.4, 0.5) is 5.69 Å². The van der Waals surface area contributed by atoms with E-state index in [1.54, 1.807) is 23.1 Å². The third-order valence-electron chi connectivity index (χ3n) is 3.84. The number of ether oxygens (including phenoxy) is 2. The van der Waals surface area contributed by atoms with E-state index < -0.39 is 5.97 Å². The summed E-state index contributed by atoms with van der Waals surface area (Å²) in [6.07, 6.45) is 0. The van der Waals surface area contributed by atoms with Crippen LogP contribution in [0.15, 0.2) is 23.1 Å². The monoisotopic (exact) mass is 350 g/mol. The summed E-state index contributed by atoms with van der Waals surface area (Å²) in [7, 11) is 0. The van der Waals surface area contributed by atoms with Crippen molar-refractivity contribution in [3.63, 3.8) is 0 Å². The van der Waals surface area contributed by atoms with Crippen molar-refractivity contribution in [2.45, 2.75) is 17.1 Å². The van der Waals surface area contributed by atoms with Crippen molar-refractivity contribution >= 4 is 35.2 Å². The highest BCUT2D eigenvalue weighted by Crippen LogP contribution is 2.35. The Bertz CT molecular complexity index is 672. The second kappa shape index (κ2) is 7.23. The average Bonchev–Trinajstić information content (AvgIpc) is 2.60. The Kier molecular flexibility index (Phi) is 5.06. The predicted molar refractivity (Wildman–Crippen MR) is 88.1 cm³/mol. The van der Waals surface area contributed by atoms with E-state index in [1.165, 1.54) is 11.8 Å². The van der Waals surface area contributed by atoms with Crippen molar-refractivity contribution in [3.05, 3.63) is 23.8 Å². The SMILES string of the molecule is CC1Sc2ccc(C(=O)OCC(=O)N3CCOCC3)cc2NC1=O. The van der Waals surface area contributed by atoms with E-state index in [4.69, 9.17) is 9.47 Å². The second-order valence-electron chi connectivity index (χ2n) is 5.53. The van der Waals surface area contributed by atoms with Crippen LogP contribution in [0.5, 0.6) is 0 Å². The fourth-order valence-corrected chi connectivity index (χ4v) is 3.38. The van der Waals surface area contributed by atoms with Gasteiger partial charge in [-0.25, -0.2) is 4.79 Å². The number of thioether (sulfide) groups is 1. The number of hydrogen-bond donors (Lipinski definition) is 1. The van der Waals surface area contributed by atoms with Crippen LogP contribution in [0, 0.1) is 0 Å². The first-order valence-corrected chi connectivity index (χ1v) is 8.57. The number of nitrogens with zero attached hydrogens (tertiary/aromatic N) is 1. The molecule has 24 heavy (non-hydrogen) atoms. The summed E-state index contributed by atoms with van der Waals surface area (Å²) in [5.41, 5.74) is 0.899. The van der Waals surface area contributed by atoms with E-state index in [0.717, 1.165) is 4.90 Å². The minimum atomic E-state index is -0.586. The Hall–Kier alpha value is -2.06. The number of esters is 1. The largest absolute Gasteiger partial charge is 0.452 e. The molecule has 0 radical (unpaired) electrons. The molecule has 8 heteroatoms. The van der Waals surface area contributed by atoms with Crippen LogP contribution in [0.25, 0.3) is 0 Å². The molecule has 128 valence electrons. The third-order valence-corrected chi connectivity index (χ3v) is 5.01. The summed E-state index contributed by atoms with van der Waals surface area (Å²) in [5.74, 6) is -0.917. The van der Waals surface area contributed by atoms with Crippen molar-refractivity contribution in [1.29, 1.82) is 0 Å². The lowest BCUT2D eigenvalue weighted by Crippen LogP contribution is -2.42. The van der Waals surface area contributed by atoms with Gasteiger partial charge in [0.05, 0.1) is 29.7 Å². The molecule has 1 atom stereocenters. The highest BCUT2D eigenvalue weighted by molar-refractivity contribution is 8.00. The molecule has 1 aromatic carbocycles. The van der Waals surface area contributed by atoms with Crippen molar-refractivity contribution in [1.82, 2.24) is 4.90 Å². The topological polar surface area (TPSA) is 84.9 Å². The molecule has 1 fully saturated rings. The van der Waals surface area contributed by atoms with Gasteiger partial charge in [-0.2, -0.15) is 0 Å². The fourth-order valence-electron chi connectivity index (χ4n) is 2.45. The Balaban J connectivity index is 1.60. The number of morpholine rings is 1. The smallest absolute Gasteiger partial charge is 0.338 e. The molecule has 1 saturated heterocycles. The Morgan fingerprint density at radius 2 is 2.12 bits per heavy atom. The molecule has 7 nitrogen and oxygen atoms in total. The Morgan fingerprint density at radius 1 is 1.38 bits per heavy atom. The van der Waals surface area contributed by atoms with Crippen molar-refractivity contribution in [2.75, 3.05) is 38.2 Å². The Labute approximate surface area is 143 Å². The molecule has 3 rings (SSSR count). The number of carbonyl (C=O) groups is 3. The predicted octanol–water partition coefficient (Wildman–Crippen LogP) is 1.13. The standard InChI is InChI=1S/C16H18N2O5S/c1-10-15(20)17-12-8-11(2-3-13(12)24-10)16(21)23-9-14(19)18-4-6-22-7-5-18/h2-3,8,10H,4-7,9H2,1H3,(H,17,20). The highest BCUT2D eigenvalue weighted by atomic mass is 32.2. The molecule has 0 saturated carbocycles. The van der Waals surface area contributed by atoms with Gasteiger partial charge in [-0.05, 0) is 25.1 Å². The van der Waals surface area contributed by atoms with E-state index in [-0.39, 0.29) is 23.7 Å². The first-order chi connectivity index (χ1) is 11.5. The van der Waals surface area contributed by atoms with Crippen molar-refractivity contribution < 1.29 is 23.9 Å². The zero-order valence-corrected chi connectivity index (χ0v) is 14.1. The van der Waals surface area contributed by atoms with Gasteiger partial charge < -0.3 is 19.7 Å². The molecule has 1 aromatic rings. The molecule has 0 aromatic heterocycles. The lowest BCUT2D eigenvalue weighted by atomic mass is 10.2. The number of amides is 2. The van der Waals surface area contributed by atoms with Crippen molar-refractivity contribution in [2.24, 2.45) is 0 Å². The van der Waals surface area contributed by atoms with Crippen LogP contribution < -0.4 is 5.32 Å². The summed E-state index contributed by atoms with van der Waals surface area (Å²) < 4.78 is 10.3. The second-order valence-corrected chi connectivity index (χ2v) is 6.91. The number of fused-ring (bicyclic) bond motifs is 1. The molecule has 2 heterocycles. The average molecular weight is 350 g/mol. The molecular formula is C16H18N2O5S. The third kappa shape index (κ3) is 3.70. The van der Waals surface area contributed by atoms with Gasteiger partial charge in [-0.3, -0.25) is 9.59 Å². The number of rotatable bonds is 3. The lowest BCUT2D eigenvalue weighted by molar-refractivity contribution is -0.138. The maximum Gasteiger partial charge on any atom is 0.338 e. The van der Waals surface area contributed by atoms with Gasteiger partial charge in [0.15, 0.2) is 6.61 Å². The fraction of sp³-hybridized carbons (Fsp3) is 0.438. The molecule has 1 N–H and O–H groups in total. The maximum atomic E-state index is 12.1. The minimum absolute atomic E-state index is 0.0967. The summed E-state index contributed by atoms with van der Waals surface area (Å²) in [6.45, 7) is 3.55. The first kappa shape index (κ1) is 16.8. The molecule has 2 aliphatic heterocycles. The van der Waals surface area contributed by atoms with E-state index in [0.29, 0.717) is 37.6 Å². The maximum absolute atomic E-state index is 12.1.